The van der Waals surface area contributed by atoms with Gasteiger partial charge in [-0.05, 0) is 39.2 Å². The number of pyridine rings is 1. The summed E-state index contributed by atoms with van der Waals surface area (Å²) in [6.07, 6.45) is 6.02. The third-order valence-electron chi connectivity index (χ3n) is 3.86. The van der Waals surface area contributed by atoms with Gasteiger partial charge >= 0.3 is 0 Å². The van der Waals surface area contributed by atoms with Crippen molar-refractivity contribution in [3.8, 4) is 11.4 Å². The molecule has 7 nitrogen and oxygen atoms in total. The van der Waals surface area contributed by atoms with Crippen molar-refractivity contribution in [1.82, 2.24) is 19.9 Å². The smallest absolute Gasteiger partial charge is 0.168 e. The van der Waals surface area contributed by atoms with E-state index in [1.807, 2.05) is 20.8 Å². The lowest BCUT2D eigenvalue weighted by Crippen LogP contribution is -2.08. The van der Waals surface area contributed by atoms with Crippen molar-refractivity contribution in [3.05, 3.63) is 36.0 Å². The number of anilines is 1. The van der Waals surface area contributed by atoms with Crippen molar-refractivity contribution in [2.45, 2.75) is 54.1 Å². The highest BCUT2D eigenvalue weighted by Gasteiger charge is 2.13. The average Bonchev–Trinajstić information content (AvgIpc) is 3.08. The monoisotopic (exact) mass is 449 g/mol. The molecule has 0 amide bonds. The Labute approximate surface area is 184 Å². The van der Waals surface area contributed by atoms with Gasteiger partial charge in [0, 0.05) is 41.6 Å². The Morgan fingerprint density at radius 1 is 1.19 bits per heavy atom. The highest BCUT2D eigenvalue weighted by Crippen LogP contribution is 2.33. The molecule has 1 atom stereocenters. The molecule has 3 aromatic heterocycles. The predicted molar refractivity (Wildman–Crippen MR) is 126 cm³/mol. The Morgan fingerprint density at radius 2 is 1.90 bits per heavy atom. The summed E-state index contributed by atoms with van der Waals surface area (Å²) in [5, 5.41) is 3.92. The molecule has 3 N–H and O–H groups in total. The average molecular weight is 450 g/mol. The van der Waals surface area contributed by atoms with Gasteiger partial charge in [-0.3, -0.25) is 0 Å². The maximum atomic E-state index is 13.5. The number of aromatic amines is 1. The molecule has 170 valence electrons. The second-order valence-electron chi connectivity index (χ2n) is 8.22. The zero-order valence-electron chi connectivity index (χ0n) is 19.1. The quantitative estimate of drug-likeness (QED) is 0.303. The topological polar surface area (TPSA) is 96.0 Å². The standard InChI is InChI=1S/C18H23FN5O2P.C4H10/c1-11(2)26-27(25)6-4-5-20-16-12(3)8-21-18(24-16)15-10-23-17-14(15)7-13(19)9-22-17;1-4(2)3/h7-11,25H,4-6H2,1-3H3,(H,22,23)(H,20,21,24);4H,1-3H3. The van der Waals surface area contributed by atoms with E-state index in [0.29, 0.717) is 40.9 Å². The van der Waals surface area contributed by atoms with Crippen molar-refractivity contribution < 1.29 is 13.8 Å². The van der Waals surface area contributed by atoms with E-state index in [4.69, 9.17) is 4.52 Å². The van der Waals surface area contributed by atoms with Gasteiger partial charge in [0.2, 0.25) is 0 Å². The number of halogens is 1. The first-order valence-corrected chi connectivity index (χ1v) is 11.9. The molecule has 3 heterocycles. The molecule has 1 unspecified atom stereocenters. The van der Waals surface area contributed by atoms with E-state index in [1.165, 1.54) is 12.3 Å². The zero-order valence-corrected chi connectivity index (χ0v) is 20.0. The first-order valence-electron chi connectivity index (χ1n) is 10.5. The third-order valence-corrected chi connectivity index (χ3v) is 5.23. The largest absolute Gasteiger partial charge is 0.370 e. The number of hydrogen-bond donors (Lipinski definition) is 3. The fourth-order valence-corrected chi connectivity index (χ4v) is 3.65. The molecule has 0 aliphatic rings. The van der Waals surface area contributed by atoms with Crippen LogP contribution in [0.1, 0.15) is 46.6 Å². The van der Waals surface area contributed by atoms with E-state index in [0.717, 1.165) is 17.9 Å². The van der Waals surface area contributed by atoms with Gasteiger partial charge in [-0.25, -0.2) is 19.3 Å². The molecular weight excluding hydrogens is 416 g/mol. The van der Waals surface area contributed by atoms with Crippen LogP contribution in [-0.4, -0.2) is 43.6 Å². The van der Waals surface area contributed by atoms with Crippen LogP contribution in [0.3, 0.4) is 0 Å². The van der Waals surface area contributed by atoms with Crippen LogP contribution in [0, 0.1) is 18.7 Å². The fraction of sp³-hybridized carbons (Fsp3) is 0.500. The van der Waals surface area contributed by atoms with Gasteiger partial charge in [0.05, 0.1) is 12.3 Å². The number of aryl methyl sites for hydroxylation is 1. The Kier molecular flexibility index (Phi) is 9.75. The minimum atomic E-state index is -1.39. The first-order chi connectivity index (χ1) is 14.7. The summed E-state index contributed by atoms with van der Waals surface area (Å²) in [6.45, 7) is 12.9. The summed E-state index contributed by atoms with van der Waals surface area (Å²) in [7, 11) is -1.39. The van der Waals surface area contributed by atoms with Crippen LogP contribution in [0.5, 0.6) is 0 Å². The summed E-state index contributed by atoms with van der Waals surface area (Å²) in [6, 6.07) is 1.42. The number of hydrogen-bond acceptors (Lipinski definition) is 6. The molecule has 0 aliphatic heterocycles. The van der Waals surface area contributed by atoms with Gasteiger partial charge in [-0.1, -0.05) is 20.8 Å². The molecule has 31 heavy (non-hydrogen) atoms. The minimum absolute atomic E-state index is 0.0243. The van der Waals surface area contributed by atoms with Crippen molar-refractivity contribution >= 4 is 25.2 Å². The van der Waals surface area contributed by atoms with E-state index in [2.05, 4.69) is 46.0 Å². The zero-order chi connectivity index (χ0) is 23.0. The summed E-state index contributed by atoms with van der Waals surface area (Å²) < 4.78 is 18.9. The molecule has 0 aliphatic carbocycles. The molecule has 0 radical (unpaired) electrons. The van der Waals surface area contributed by atoms with E-state index >= 15 is 0 Å². The maximum absolute atomic E-state index is 13.5. The van der Waals surface area contributed by atoms with Crippen molar-refractivity contribution in [2.24, 2.45) is 5.92 Å². The third kappa shape index (κ3) is 8.13. The number of aromatic nitrogens is 4. The fourth-order valence-electron chi connectivity index (χ4n) is 2.63. The molecule has 0 saturated carbocycles. The lowest BCUT2D eigenvalue weighted by atomic mass is 10.2. The molecule has 0 fully saturated rings. The van der Waals surface area contributed by atoms with Crippen LogP contribution >= 0.6 is 8.38 Å². The van der Waals surface area contributed by atoms with Crippen LogP contribution in [0.15, 0.2) is 24.7 Å². The second kappa shape index (κ2) is 12.0. The summed E-state index contributed by atoms with van der Waals surface area (Å²) in [4.78, 5) is 25.8. The highest BCUT2D eigenvalue weighted by atomic mass is 31.2. The summed E-state index contributed by atoms with van der Waals surface area (Å²) in [5.74, 6) is 1.64. The van der Waals surface area contributed by atoms with Gasteiger partial charge in [0.25, 0.3) is 0 Å². The molecule has 0 spiro atoms. The lowest BCUT2D eigenvalue weighted by Gasteiger charge is -2.14. The maximum Gasteiger partial charge on any atom is 0.168 e. The Bertz CT molecular complexity index is 961. The van der Waals surface area contributed by atoms with Crippen LogP contribution in [0.25, 0.3) is 22.4 Å². The van der Waals surface area contributed by atoms with Gasteiger partial charge < -0.3 is 19.7 Å². The number of nitrogens with zero attached hydrogens (tertiary/aromatic N) is 3. The molecular formula is C22H33FN5O2P. The van der Waals surface area contributed by atoms with Crippen LogP contribution in [-0.2, 0) is 4.52 Å². The molecule has 3 aromatic rings. The molecule has 0 bridgehead atoms. The van der Waals surface area contributed by atoms with Crippen LogP contribution in [0.2, 0.25) is 0 Å². The van der Waals surface area contributed by atoms with Crippen LogP contribution in [0.4, 0.5) is 10.2 Å². The van der Waals surface area contributed by atoms with Gasteiger partial charge in [-0.2, -0.15) is 0 Å². The van der Waals surface area contributed by atoms with Gasteiger partial charge in [0.1, 0.15) is 17.3 Å². The predicted octanol–water partition coefficient (Wildman–Crippen LogP) is 5.66. The van der Waals surface area contributed by atoms with Gasteiger partial charge in [-0.15, -0.1) is 0 Å². The van der Waals surface area contributed by atoms with Gasteiger partial charge in [0.15, 0.2) is 14.2 Å². The summed E-state index contributed by atoms with van der Waals surface area (Å²) >= 11 is 0. The SMILES string of the molecule is CC(C)C.Cc1cnc(-c2c[nH]c3ncc(F)cc23)nc1NCCCP(O)OC(C)C. The molecule has 0 aromatic carbocycles. The van der Waals surface area contributed by atoms with Crippen molar-refractivity contribution in [2.75, 3.05) is 18.0 Å². The number of H-pyrrole nitrogens is 1. The summed E-state index contributed by atoms with van der Waals surface area (Å²) in [5.41, 5.74) is 2.20. The van der Waals surface area contributed by atoms with E-state index in [1.54, 1.807) is 12.4 Å². The Hall–Kier alpha value is -2.15. The van der Waals surface area contributed by atoms with Crippen molar-refractivity contribution in [3.63, 3.8) is 0 Å². The van der Waals surface area contributed by atoms with Crippen LogP contribution < -0.4 is 5.32 Å². The number of fused-ring (bicyclic) bond motifs is 1. The lowest BCUT2D eigenvalue weighted by molar-refractivity contribution is 0.240. The van der Waals surface area contributed by atoms with E-state index in [9.17, 15) is 9.28 Å². The Morgan fingerprint density at radius 3 is 2.58 bits per heavy atom. The highest BCUT2D eigenvalue weighted by molar-refractivity contribution is 7.46. The van der Waals surface area contributed by atoms with E-state index in [-0.39, 0.29) is 6.10 Å². The molecule has 0 saturated heterocycles. The first kappa shape index (κ1) is 25.1. The minimum Gasteiger partial charge on any atom is -0.370 e. The Balaban J connectivity index is 0.000000785. The second-order valence-corrected chi connectivity index (χ2v) is 9.58. The molecule has 3 rings (SSSR count). The van der Waals surface area contributed by atoms with Crippen molar-refractivity contribution in [1.29, 1.82) is 0 Å². The number of rotatable bonds is 8. The normalized spacial score (nSPS) is 12.2. The number of nitrogens with one attached hydrogen (secondary N) is 2. The van der Waals surface area contributed by atoms with E-state index < -0.39 is 14.2 Å². The molecule has 9 heteroatoms.